The molecular formula is C15H22N2O2. The van der Waals surface area contributed by atoms with Gasteiger partial charge in [-0.1, -0.05) is 30.3 Å². The van der Waals surface area contributed by atoms with E-state index < -0.39 is 0 Å². The molecule has 0 aliphatic carbocycles. The summed E-state index contributed by atoms with van der Waals surface area (Å²) in [6, 6.07) is 9.82. The Balaban J connectivity index is 1.97. The van der Waals surface area contributed by atoms with Crippen molar-refractivity contribution in [3.63, 3.8) is 0 Å². The van der Waals surface area contributed by atoms with Crippen LogP contribution in [0.1, 0.15) is 24.8 Å². The fourth-order valence-corrected chi connectivity index (χ4v) is 2.47. The molecule has 0 aromatic heterocycles. The molecule has 0 bridgehead atoms. The average molecular weight is 262 g/mol. The van der Waals surface area contributed by atoms with Crippen LogP contribution in [0.5, 0.6) is 0 Å². The molecule has 1 fully saturated rings. The number of amides is 1. The number of hydrogen-bond acceptors (Lipinski definition) is 3. The van der Waals surface area contributed by atoms with Crippen molar-refractivity contribution in [1.29, 1.82) is 0 Å². The quantitative estimate of drug-likeness (QED) is 0.840. The van der Waals surface area contributed by atoms with Crippen LogP contribution in [0.15, 0.2) is 30.3 Å². The molecule has 1 aromatic carbocycles. The minimum atomic E-state index is -0.272. The topological polar surface area (TPSA) is 64.4 Å². The Morgan fingerprint density at radius 1 is 1.47 bits per heavy atom. The number of ether oxygens (including phenoxy) is 1. The maximum Gasteiger partial charge on any atom is 0.229 e. The number of hydrogen-bond donors (Lipinski definition) is 2. The molecule has 1 aliphatic rings. The molecule has 3 unspecified atom stereocenters. The third-order valence-electron chi connectivity index (χ3n) is 3.80. The summed E-state index contributed by atoms with van der Waals surface area (Å²) in [5.41, 5.74) is 6.72. The van der Waals surface area contributed by atoms with Gasteiger partial charge in [-0.05, 0) is 18.9 Å². The SMILES string of the molecule is CC(NC(=O)C(CN)c1ccccc1)C1CCOC1. The first-order chi connectivity index (χ1) is 9.22. The van der Waals surface area contributed by atoms with Crippen molar-refractivity contribution in [2.75, 3.05) is 19.8 Å². The first-order valence-electron chi connectivity index (χ1n) is 6.85. The molecule has 1 aliphatic heterocycles. The highest BCUT2D eigenvalue weighted by molar-refractivity contribution is 5.84. The van der Waals surface area contributed by atoms with Gasteiger partial charge in [-0.3, -0.25) is 4.79 Å². The molecule has 0 saturated carbocycles. The summed E-state index contributed by atoms with van der Waals surface area (Å²) in [6.45, 7) is 3.89. The van der Waals surface area contributed by atoms with Gasteiger partial charge in [-0.25, -0.2) is 0 Å². The lowest BCUT2D eigenvalue weighted by molar-refractivity contribution is -0.123. The Bertz CT molecular complexity index is 402. The van der Waals surface area contributed by atoms with Crippen LogP contribution >= 0.6 is 0 Å². The molecule has 4 nitrogen and oxygen atoms in total. The van der Waals surface area contributed by atoms with Crippen molar-refractivity contribution in [2.24, 2.45) is 11.7 Å². The highest BCUT2D eigenvalue weighted by Gasteiger charge is 2.26. The lowest BCUT2D eigenvalue weighted by Gasteiger charge is -2.23. The number of rotatable bonds is 5. The van der Waals surface area contributed by atoms with Crippen LogP contribution in [-0.2, 0) is 9.53 Å². The minimum absolute atomic E-state index is 0.00750. The number of carbonyl (C=O) groups excluding carboxylic acids is 1. The highest BCUT2D eigenvalue weighted by Crippen LogP contribution is 2.19. The maximum absolute atomic E-state index is 12.3. The zero-order chi connectivity index (χ0) is 13.7. The Kier molecular flexibility index (Phi) is 4.93. The van der Waals surface area contributed by atoms with Gasteiger partial charge >= 0.3 is 0 Å². The number of carbonyl (C=O) groups is 1. The molecule has 1 saturated heterocycles. The predicted molar refractivity (Wildman–Crippen MR) is 74.8 cm³/mol. The van der Waals surface area contributed by atoms with E-state index in [1.807, 2.05) is 37.3 Å². The summed E-state index contributed by atoms with van der Waals surface area (Å²) in [4.78, 5) is 12.3. The van der Waals surface area contributed by atoms with E-state index >= 15 is 0 Å². The van der Waals surface area contributed by atoms with Crippen LogP contribution in [-0.4, -0.2) is 31.7 Å². The summed E-state index contributed by atoms with van der Waals surface area (Å²) in [6.07, 6.45) is 1.01. The first-order valence-corrected chi connectivity index (χ1v) is 6.85. The number of nitrogens with one attached hydrogen (secondary N) is 1. The van der Waals surface area contributed by atoms with E-state index in [1.165, 1.54) is 0 Å². The van der Waals surface area contributed by atoms with Crippen LogP contribution in [0.3, 0.4) is 0 Å². The Morgan fingerprint density at radius 3 is 2.79 bits per heavy atom. The fourth-order valence-electron chi connectivity index (χ4n) is 2.47. The van der Waals surface area contributed by atoms with E-state index in [-0.39, 0.29) is 17.9 Å². The van der Waals surface area contributed by atoms with E-state index in [4.69, 9.17) is 10.5 Å². The second-order valence-electron chi connectivity index (χ2n) is 5.12. The van der Waals surface area contributed by atoms with Crippen LogP contribution in [0.2, 0.25) is 0 Å². The summed E-state index contributed by atoms with van der Waals surface area (Å²) in [5.74, 6) is 0.150. The largest absolute Gasteiger partial charge is 0.381 e. The normalized spacial score (nSPS) is 21.9. The summed E-state index contributed by atoms with van der Waals surface area (Å²) >= 11 is 0. The van der Waals surface area contributed by atoms with Crippen LogP contribution in [0, 0.1) is 5.92 Å². The van der Waals surface area contributed by atoms with E-state index in [0.29, 0.717) is 12.5 Å². The molecule has 3 atom stereocenters. The molecule has 3 N–H and O–H groups in total. The molecule has 19 heavy (non-hydrogen) atoms. The summed E-state index contributed by atoms with van der Waals surface area (Å²) < 4.78 is 5.36. The van der Waals surface area contributed by atoms with Crippen molar-refractivity contribution in [2.45, 2.75) is 25.3 Å². The van der Waals surface area contributed by atoms with Crippen LogP contribution < -0.4 is 11.1 Å². The zero-order valence-electron chi connectivity index (χ0n) is 11.3. The lowest BCUT2D eigenvalue weighted by atomic mass is 9.96. The molecule has 0 radical (unpaired) electrons. The third kappa shape index (κ3) is 3.55. The van der Waals surface area contributed by atoms with Gasteiger partial charge in [-0.2, -0.15) is 0 Å². The smallest absolute Gasteiger partial charge is 0.229 e. The molecule has 1 heterocycles. The highest BCUT2D eigenvalue weighted by atomic mass is 16.5. The monoisotopic (exact) mass is 262 g/mol. The van der Waals surface area contributed by atoms with Crippen molar-refractivity contribution >= 4 is 5.91 Å². The van der Waals surface area contributed by atoms with Gasteiger partial charge in [-0.15, -0.1) is 0 Å². The van der Waals surface area contributed by atoms with Gasteiger partial charge < -0.3 is 15.8 Å². The standard InChI is InChI=1S/C15H22N2O2/c1-11(13-7-8-19-10-13)17-15(18)14(9-16)12-5-3-2-4-6-12/h2-6,11,13-14H,7-10,16H2,1H3,(H,17,18). The molecule has 4 heteroatoms. The van der Waals surface area contributed by atoms with E-state index in [9.17, 15) is 4.79 Å². The van der Waals surface area contributed by atoms with Crippen LogP contribution in [0.25, 0.3) is 0 Å². The lowest BCUT2D eigenvalue weighted by Crippen LogP contribution is -2.42. The number of nitrogens with two attached hydrogens (primary N) is 1. The molecule has 2 rings (SSSR count). The molecule has 104 valence electrons. The Hall–Kier alpha value is -1.39. The zero-order valence-corrected chi connectivity index (χ0v) is 11.3. The van der Waals surface area contributed by atoms with Crippen molar-refractivity contribution in [3.8, 4) is 0 Å². The van der Waals surface area contributed by atoms with Gasteiger partial charge in [0.05, 0.1) is 12.5 Å². The van der Waals surface area contributed by atoms with Crippen molar-refractivity contribution in [3.05, 3.63) is 35.9 Å². The van der Waals surface area contributed by atoms with Gasteiger partial charge in [0.15, 0.2) is 0 Å². The molecule has 1 amide bonds. The predicted octanol–water partition coefficient (Wildman–Crippen LogP) is 1.27. The summed E-state index contributed by atoms with van der Waals surface area (Å²) in [7, 11) is 0. The van der Waals surface area contributed by atoms with Crippen LogP contribution in [0.4, 0.5) is 0 Å². The van der Waals surface area contributed by atoms with E-state index in [0.717, 1.165) is 25.2 Å². The van der Waals surface area contributed by atoms with E-state index in [1.54, 1.807) is 0 Å². The van der Waals surface area contributed by atoms with Gasteiger partial charge in [0, 0.05) is 25.1 Å². The van der Waals surface area contributed by atoms with Gasteiger partial charge in [0.1, 0.15) is 0 Å². The molecule has 0 spiro atoms. The Morgan fingerprint density at radius 2 is 2.21 bits per heavy atom. The minimum Gasteiger partial charge on any atom is -0.381 e. The Labute approximate surface area is 114 Å². The third-order valence-corrected chi connectivity index (χ3v) is 3.80. The fraction of sp³-hybridized carbons (Fsp3) is 0.533. The van der Waals surface area contributed by atoms with E-state index in [2.05, 4.69) is 5.32 Å². The maximum atomic E-state index is 12.3. The second-order valence-corrected chi connectivity index (χ2v) is 5.12. The second kappa shape index (κ2) is 6.68. The molecular weight excluding hydrogens is 240 g/mol. The summed E-state index contributed by atoms with van der Waals surface area (Å²) in [5, 5.41) is 3.07. The van der Waals surface area contributed by atoms with Gasteiger partial charge in [0.25, 0.3) is 0 Å². The average Bonchev–Trinajstić information content (AvgIpc) is 2.94. The van der Waals surface area contributed by atoms with Crippen molar-refractivity contribution in [1.82, 2.24) is 5.32 Å². The molecule has 1 aromatic rings. The van der Waals surface area contributed by atoms with Gasteiger partial charge in [0.2, 0.25) is 5.91 Å². The number of benzene rings is 1. The van der Waals surface area contributed by atoms with Crippen molar-refractivity contribution < 1.29 is 9.53 Å². The first kappa shape index (κ1) is 14.0.